The van der Waals surface area contributed by atoms with Crippen molar-refractivity contribution < 1.29 is 9.59 Å². The molecule has 0 saturated heterocycles. The van der Waals surface area contributed by atoms with Crippen LogP contribution < -0.4 is 5.32 Å². The fourth-order valence-corrected chi connectivity index (χ4v) is 1.90. The molecule has 1 atom stereocenters. The van der Waals surface area contributed by atoms with Crippen LogP contribution in [0.3, 0.4) is 0 Å². The van der Waals surface area contributed by atoms with Gasteiger partial charge in [0.1, 0.15) is 6.54 Å². The summed E-state index contributed by atoms with van der Waals surface area (Å²) >= 11 is 0. The van der Waals surface area contributed by atoms with Gasteiger partial charge in [-0.1, -0.05) is 20.3 Å². The Bertz CT molecular complexity index is 410. The third kappa shape index (κ3) is 4.35. The average Bonchev–Trinajstić information content (AvgIpc) is 2.76. The molecule has 1 amide bonds. The molecular formula is C14H22N2O2. The fraction of sp³-hybridized carbons (Fsp3) is 0.571. The summed E-state index contributed by atoms with van der Waals surface area (Å²) in [5.41, 5.74) is 0.673. The van der Waals surface area contributed by atoms with Gasteiger partial charge in [-0.2, -0.15) is 0 Å². The Kier molecular flexibility index (Phi) is 5.62. The van der Waals surface area contributed by atoms with E-state index in [2.05, 4.69) is 12.2 Å². The number of Topliss-reactive ketones (excluding diaryl/α,β-unsaturated/α-hetero) is 1. The van der Waals surface area contributed by atoms with Crippen molar-refractivity contribution in [2.75, 3.05) is 0 Å². The van der Waals surface area contributed by atoms with E-state index in [9.17, 15) is 9.59 Å². The summed E-state index contributed by atoms with van der Waals surface area (Å²) in [5.74, 6) is 0.0931. The Morgan fingerprint density at radius 1 is 1.39 bits per heavy atom. The van der Waals surface area contributed by atoms with Crippen molar-refractivity contribution >= 4 is 11.7 Å². The third-order valence-electron chi connectivity index (χ3n) is 2.85. The van der Waals surface area contributed by atoms with Crippen molar-refractivity contribution in [2.24, 2.45) is 0 Å². The zero-order chi connectivity index (χ0) is 13.5. The van der Waals surface area contributed by atoms with Crippen LogP contribution in [0, 0.1) is 0 Å². The Morgan fingerprint density at radius 2 is 2.11 bits per heavy atom. The van der Waals surface area contributed by atoms with E-state index in [1.807, 2.05) is 13.8 Å². The molecular weight excluding hydrogens is 228 g/mol. The molecule has 0 aliphatic rings. The van der Waals surface area contributed by atoms with Crippen LogP contribution in [-0.4, -0.2) is 22.3 Å². The molecule has 0 aliphatic heterocycles. The Hall–Kier alpha value is -1.58. The monoisotopic (exact) mass is 250 g/mol. The van der Waals surface area contributed by atoms with Gasteiger partial charge in [-0.25, -0.2) is 0 Å². The SMILES string of the molecule is CCCC(C)NC(=O)Cn1ccc(C(=O)CC)c1. The van der Waals surface area contributed by atoms with Gasteiger partial charge in [0, 0.05) is 30.4 Å². The number of rotatable bonds is 7. The molecule has 1 N–H and O–H groups in total. The summed E-state index contributed by atoms with van der Waals surface area (Å²) in [6, 6.07) is 1.96. The van der Waals surface area contributed by atoms with Gasteiger partial charge in [0.25, 0.3) is 0 Å². The summed E-state index contributed by atoms with van der Waals surface area (Å²) in [4.78, 5) is 23.2. The molecule has 0 radical (unpaired) electrons. The van der Waals surface area contributed by atoms with Crippen molar-refractivity contribution in [1.82, 2.24) is 9.88 Å². The molecule has 100 valence electrons. The summed E-state index contributed by atoms with van der Waals surface area (Å²) in [7, 11) is 0. The molecule has 1 rings (SSSR count). The van der Waals surface area contributed by atoms with E-state index in [-0.39, 0.29) is 24.3 Å². The Balaban J connectivity index is 2.49. The molecule has 0 aliphatic carbocycles. The van der Waals surface area contributed by atoms with Crippen LogP contribution in [0.1, 0.15) is 50.4 Å². The highest BCUT2D eigenvalue weighted by molar-refractivity contribution is 5.95. The maximum absolute atomic E-state index is 11.7. The number of carbonyl (C=O) groups excluding carboxylic acids is 2. The zero-order valence-corrected chi connectivity index (χ0v) is 11.4. The Morgan fingerprint density at radius 3 is 2.72 bits per heavy atom. The zero-order valence-electron chi connectivity index (χ0n) is 11.4. The Labute approximate surface area is 108 Å². The van der Waals surface area contributed by atoms with Gasteiger partial charge in [0.15, 0.2) is 5.78 Å². The van der Waals surface area contributed by atoms with Crippen LogP contribution in [0.4, 0.5) is 0 Å². The van der Waals surface area contributed by atoms with Gasteiger partial charge in [-0.05, 0) is 19.4 Å². The van der Waals surface area contributed by atoms with Gasteiger partial charge >= 0.3 is 0 Å². The van der Waals surface area contributed by atoms with Gasteiger partial charge in [-0.15, -0.1) is 0 Å². The predicted molar refractivity (Wildman–Crippen MR) is 71.6 cm³/mol. The average molecular weight is 250 g/mol. The number of ketones is 1. The number of hydrogen-bond acceptors (Lipinski definition) is 2. The first-order valence-electron chi connectivity index (χ1n) is 6.55. The minimum absolute atomic E-state index is 0.0120. The number of amides is 1. The first kappa shape index (κ1) is 14.5. The lowest BCUT2D eigenvalue weighted by Gasteiger charge is -2.12. The standard InChI is InChI=1S/C14H22N2O2/c1-4-6-11(3)15-14(18)10-16-8-7-12(9-16)13(17)5-2/h7-9,11H,4-6,10H2,1-3H3,(H,15,18). The topological polar surface area (TPSA) is 51.1 Å². The van der Waals surface area contributed by atoms with Crippen LogP contribution in [0.15, 0.2) is 18.5 Å². The number of carbonyl (C=O) groups is 2. The molecule has 0 aromatic carbocycles. The van der Waals surface area contributed by atoms with Crippen LogP contribution in [0.5, 0.6) is 0 Å². The molecule has 4 heteroatoms. The van der Waals surface area contributed by atoms with Crippen LogP contribution in [0.2, 0.25) is 0 Å². The maximum Gasteiger partial charge on any atom is 0.240 e. The number of nitrogens with zero attached hydrogens (tertiary/aromatic N) is 1. The lowest BCUT2D eigenvalue weighted by molar-refractivity contribution is -0.122. The van der Waals surface area contributed by atoms with Gasteiger partial charge < -0.3 is 9.88 Å². The third-order valence-corrected chi connectivity index (χ3v) is 2.85. The smallest absolute Gasteiger partial charge is 0.240 e. The summed E-state index contributed by atoms with van der Waals surface area (Å²) in [5, 5.41) is 2.94. The van der Waals surface area contributed by atoms with Crippen LogP contribution in [-0.2, 0) is 11.3 Å². The lowest BCUT2D eigenvalue weighted by atomic mass is 10.2. The van der Waals surface area contributed by atoms with Crippen molar-refractivity contribution in [1.29, 1.82) is 0 Å². The van der Waals surface area contributed by atoms with E-state index in [1.54, 1.807) is 23.0 Å². The molecule has 0 saturated carbocycles. The second kappa shape index (κ2) is 6.99. The van der Waals surface area contributed by atoms with E-state index < -0.39 is 0 Å². The van der Waals surface area contributed by atoms with Crippen LogP contribution >= 0.6 is 0 Å². The molecule has 1 unspecified atom stereocenters. The molecule has 4 nitrogen and oxygen atoms in total. The van der Waals surface area contributed by atoms with Gasteiger partial charge in [-0.3, -0.25) is 9.59 Å². The van der Waals surface area contributed by atoms with Crippen LogP contribution in [0.25, 0.3) is 0 Å². The number of nitrogens with one attached hydrogen (secondary N) is 1. The van der Waals surface area contributed by atoms with E-state index in [1.165, 1.54) is 0 Å². The maximum atomic E-state index is 11.7. The summed E-state index contributed by atoms with van der Waals surface area (Å²) in [6.45, 7) is 6.20. The van der Waals surface area contributed by atoms with Gasteiger partial charge in [0.05, 0.1) is 0 Å². The predicted octanol–water partition coefficient (Wildman–Crippen LogP) is 2.39. The molecule has 1 aromatic heterocycles. The highest BCUT2D eigenvalue weighted by atomic mass is 16.2. The first-order valence-corrected chi connectivity index (χ1v) is 6.55. The van der Waals surface area contributed by atoms with Crippen molar-refractivity contribution in [2.45, 2.75) is 52.6 Å². The number of aromatic nitrogens is 1. The van der Waals surface area contributed by atoms with Crippen molar-refractivity contribution in [3.05, 3.63) is 24.0 Å². The van der Waals surface area contributed by atoms with Crippen molar-refractivity contribution in [3.63, 3.8) is 0 Å². The minimum Gasteiger partial charge on any atom is -0.352 e. The second-order valence-corrected chi connectivity index (χ2v) is 4.61. The normalized spacial score (nSPS) is 12.2. The highest BCUT2D eigenvalue weighted by Crippen LogP contribution is 2.05. The molecule has 1 aromatic rings. The fourth-order valence-electron chi connectivity index (χ4n) is 1.90. The van der Waals surface area contributed by atoms with E-state index in [0.29, 0.717) is 12.0 Å². The van der Waals surface area contributed by atoms with E-state index in [4.69, 9.17) is 0 Å². The highest BCUT2D eigenvalue weighted by Gasteiger charge is 2.09. The number of hydrogen-bond donors (Lipinski definition) is 1. The minimum atomic E-state index is -0.0120. The molecule has 0 fully saturated rings. The molecule has 0 spiro atoms. The molecule has 0 bridgehead atoms. The molecule has 18 heavy (non-hydrogen) atoms. The van der Waals surface area contributed by atoms with E-state index >= 15 is 0 Å². The van der Waals surface area contributed by atoms with Gasteiger partial charge in [0.2, 0.25) is 5.91 Å². The summed E-state index contributed by atoms with van der Waals surface area (Å²) < 4.78 is 1.75. The first-order chi connectivity index (χ1) is 8.56. The summed E-state index contributed by atoms with van der Waals surface area (Å²) in [6.07, 6.45) is 6.03. The quantitative estimate of drug-likeness (QED) is 0.755. The lowest BCUT2D eigenvalue weighted by Crippen LogP contribution is -2.34. The van der Waals surface area contributed by atoms with E-state index in [0.717, 1.165) is 12.8 Å². The molecule has 1 heterocycles. The van der Waals surface area contributed by atoms with Crippen molar-refractivity contribution in [3.8, 4) is 0 Å². The second-order valence-electron chi connectivity index (χ2n) is 4.61. The largest absolute Gasteiger partial charge is 0.352 e.